The monoisotopic (exact) mass is 608 g/mol. The summed E-state index contributed by atoms with van der Waals surface area (Å²) in [6.45, 7) is 7.42. The molecule has 0 saturated carbocycles. The van der Waals surface area contributed by atoms with Gasteiger partial charge in [0.1, 0.15) is 0 Å². The average Bonchev–Trinajstić information content (AvgIpc) is 3.44. The summed E-state index contributed by atoms with van der Waals surface area (Å²) in [7, 11) is -0.624. The molecule has 42 heavy (non-hydrogen) atoms. The quantitative estimate of drug-likeness (QED) is 0.224. The predicted octanol–water partition coefficient (Wildman–Crippen LogP) is 5.44. The largest absolute Gasteiger partial charge is 0.493 e. The third-order valence-electron chi connectivity index (χ3n) is 7.65. The number of para-hydroxylation sites is 1. The molecule has 0 N–H and O–H groups in total. The van der Waals surface area contributed by atoms with E-state index in [4.69, 9.17) is 14.5 Å². The Kier molecular flexibility index (Phi) is 9.00. The lowest BCUT2D eigenvalue weighted by molar-refractivity contribution is 0.0983. The number of likely N-dealkylation sites (N-methyl/N-ethyl adjacent to an activating group) is 1. The van der Waals surface area contributed by atoms with E-state index in [1.165, 1.54) is 27.8 Å². The van der Waals surface area contributed by atoms with Crippen molar-refractivity contribution in [3.8, 4) is 11.5 Å². The van der Waals surface area contributed by atoms with Gasteiger partial charge in [-0.25, -0.2) is 13.4 Å². The topological polar surface area (TPSA) is 92.3 Å². The number of aryl methyl sites for hydroxylation is 1. The second-order valence-corrected chi connectivity index (χ2v) is 12.9. The highest BCUT2D eigenvalue weighted by Gasteiger charge is 2.30. The van der Waals surface area contributed by atoms with Crippen LogP contribution in [0.3, 0.4) is 0 Å². The molecule has 0 radical (unpaired) electrons. The molecule has 222 valence electrons. The fourth-order valence-electron chi connectivity index (χ4n) is 5.23. The number of nitrogens with zero attached hydrogens (tertiary/aromatic N) is 4. The van der Waals surface area contributed by atoms with Gasteiger partial charge >= 0.3 is 0 Å². The number of fused-ring (bicyclic) bond motifs is 2. The van der Waals surface area contributed by atoms with Crippen molar-refractivity contribution >= 4 is 48.3 Å². The molecule has 0 saturated heterocycles. The van der Waals surface area contributed by atoms with E-state index < -0.39 is 10.0 Å². The lowest BCUT2D eigenvalue weighted by Gasteiger charge is -2.30. The maximum atomic E-state index is 13.9. The van der Waals surface area contributed by atoms with Gasteiger partial charge in [-0.2, -0.15) is 0 Å². The number of benzene rings is 3. The number of methoxy groups -OCH3 is 2. The van der Waals surface area contributed by atoms with Gasteiger partial charge in [0, 0.05) is 37.3 Å². The molecule has 0 spiro atoms. The van der Waals surface area contributed by atoms with E-state index in [0.29, 0.717) is 47.3 Å². The lowest BCUT2D eigenvalue weighted by atomic mass is 10.0. The number of hydrogen-bond acceptors (Lipinski definition) is 8. The van der Waals surface area contributed by atoms with Crippen molar-refractivity contribution in [2.45, 2.75) is 31.6 Å². The summed E-state index contributed by atoms with van der Waals surface area (Å²) in [6, 6.07) is 17.5. The number of carbonyl (C=O) groups excluding carboxylic acids is 1. The number of carbonyl (C=O) groups is 1. The first-order chi connectivity index (χ1) is 20.3. The molecule has 1 aliphatic rings. The number of hydrogen-bond donors (Lipinski definition) is 0. The van der Waals surface area contributed by atoms with Crippen LogP contribution >= 0.6 is 11.3 Å². The van der Waals surface area contributed by atoms with Crippen molar-refractivity contribution in [2.75, 3.05) is 56.1 Å². The second-order valence-electron chi connectivity index (χ2n) is 9.99. The Hall–Kier alpha value is -3.67. The number of sulfonamides is 1. The van der Waals surface area contributed by atoms with Crippen molar-refractivity contribution in [1.82, 2.24) is 9.88 Å². The van der Waals surface area contributed by atoms with Gasteiger partial charge in [-0.1, -0.05) is 43.4 Å². The number of thiazole rings is 1. The summed E-state index contributed by atoms with van der Waals surface area (Å²) in [5.74, 6) is 0.915. The second kappa shape index (κ2) is 12.7. The molecule has 0 fully saturated rings. The lowest BCUT2D eigenvalue weighted by Crippen LogP contribution is -2.39. The highest BCUT2D eigenvalue weighted by Crippen LogP contribution is 2.38. The molecule has 2 heterocycles. The first-order valence-corrected chi connectivity index (χ1v) is 16.3. The third kappa shape index (κ3) is 5.81. The number of ether oxygens (including phenoxy) is 2. The van der Waals surface area contributed by atoms with Gasteiger partial charge in [0.15, 0.2) is 16.6 Å². The van der Waals surface area contributed by atoms with Gasteiger partial charge in [-0.15, -0.1) is 0 Å². The summed E-state index contributed by atoms with van der Waals surface area (Å²) >= 11 is 1.40. The zero-order valence-electron chi connectivity index (χ0n) is 24.4. The fourth-order valence-corrected chi connectivity index (χ4v) is 7.77. The van der Waals surface area contributed by atoms with Crippen LogP contribution in [0.1, 0.15) is 36.2 Å². The van der Waals surface area contributed by atoms with Crippen LogP contribution in [-0.2, 0) is 16.4 Å². The van der Waals surface area contributed by atoms with Crippen LogP contribution in [0.4, 0.5) is 10.8 Å². The molecule has 9 nitrogen and oxygen atoms in total. The van der Waals surface area contributed by atoms with E-state index in [1.54, 1.807) is 37.3 Å². The van der Waals surface area contributed by atoms with Gasteiger partial charge in [0.05, 0.1) is 35.0 Å². The molecule has 0 bridgehead atoms. The van der Waals surface area contributed by atoms with Crippen LogP contribution in [0, 0.1) is 0 Å². The molecule has 1 aliphatic heterocycles. The van der Waals surface area contributed by atoms with E-state index in [2.05, 4.69) is 18.7 Å². The molecule has 5 rings (SSSR count). The molecular weight excluding hydrogens is 572 g/mol. The van der Waals surface area contributed by atoms with Gasteiger partial charge in [-0.05, 0) is 61.8 Å². The van der Waals surface area contributed by atoms with Gasteiger partial charge in [0.2, 0.25) is 0 Å². The average molecular weight is 609 g/mol. The highest BCUT2D eigenvalue weighted by molar-refractivity contribution is 7.92. The Morgan fingerprint density at radius 1 is 0.976 bits per heavy atom. The Labute approximate surface area is 251 Å². The molecule has 3 aromatic carbocycles. The van der Waals surface area contributed by atoms with E-state index in [-0.39, 0.29) is 10.8 Å². The van der Waals surface area contributed by atoms with Gasteiger partial charge in [-0.3, -0.25) is 14.0 Å². The molecule has 1 aromatic heterocycles. The summed E-state index contributed by atoms with van der Waals surface area (Å²) in [6.07, 6.45) is 1.61. The minimum atomic E-state index is -3.78. The molecule has 11 heteroatoms. The molecule has 1 amide bonds. The van der Waals surface area contributed by atoms with Crippen molar-refractivity contribution in [2.24, 2.45) is 0 Å². The van der Waals surface area contributed by atoms with E-state index in [9.17, 15) is 13.2 Å². The summed E-state index contributed by atoms with van der Waals surface area (Å²) in [4.78, 5) is 22.8. The molecule has 0 aliphatic carbocycles. The number of rotatable bonds is 11. The summed E-state index contributed by atoms with van der Waals surface area (Å²) < 4.78 is 40.5. The van der Waals surface area contributed by atoms with E-state index >= 15 is 0 Å². The number of amides is 1. The van der Waals surface area contributed by atoms with Crippen molar-refractivity contribution in [1.29, 1.82) is 0 Å². The third-order valence-corrected chi connectivity index (χ3v) is 10.5. The van der Waals surface area contributed by atoms with Crippen LogP contribution in [0.2, 0.25) is 0 Å². The standard InChI is InChI=1S/C31H36N4O5S2/c1-5-33(6-2)18-19-34(31-32-25-20-27(39-3)28(40-4)21-29(25)41-31)30(36)23-13-15-24(16-14-23)42(37,38)35-17-9-11-22-10-7-8-12-26(22)35/h7-8,10,12-16,20-21H,5-6,9,11,17-19H2,1-4H3. The minimum absolute atomic E-state index is 0.157. The van der Waals surface area contributed by atoms with Gasteiger partial charge < -0.3 is 14.4 Å². The predicted molar refractivity (Wildman–Crippen MR) is 168 cm³/mol. The van der Waals surface area contributed by atoms with Crippen molar-refractivity contribution < 1.29 is 22.7 Å². The Morgan fingerprint density at radius 2 is 1.67 bits per heavy atom. The first-order valence-electron chi connectivity index (χ1n) is 14.1. The number of aromatic nitrogens is 1. The van der Waals surface area contributed by atoms with Crippen molar-refractivity contribution in [3.05, 3.63) is 71.8 Å². The Morgan fingerprint density at radius 3 is 2.36 bits per heavy atom. The molecule has 4 aromatic rings. The Bertz CT molecular complexity index is 1630. The van der Waals surface area contributed by atoms with Crippen LogP contribution < -0.4 is 18.7 Å². The molecule has 0 unspecified atom stereocenters. The fraction of sp³-hybridized carbons (Fsp3) is 0.355. The Balaban J connectivity index is 1.46. The minimum Gasteiger partial charge on any atom is -0.493 e. The molecule has 0 atom stereocenters. The van der Waals surface area contributed by atoms with Crippen LogP contribution in [0.15, 0.2) is 65.6 Å². The van der Waals surface area contributed by atoms with E-state index in [0.717, 1.165) is 41.9 Å². The summed E-state index contributed by atoms with van der Waals surface area (Å²) in [5, 5.41) is 0.555. The number of anilines is 2. The zero-order valence-corrected chi connectivity index (χ0v) is 26.0. The zero-order chi connectivity index (χ0) is 29.9. The normalized spacial score (nSPS) is 13.3. The van der Waals surface area contributed by atoms with Crippen LogP contribution in [0.25, 0.3) is 10.2 Å². The van der Waals surface area contributed by atoms with Crippen LogP contribution in [-0.4, -0.2) is 71.2 Å². The smallest absolute Gasteiger partial charge is 0.264 e. The molecular formula is C31H36N4O5S2. The van der Waals surface area contributed by atoms with Crippen LogP contribution in [0.5, 0.6) is 11.5 Å². The highest BCUT2D eigenvalue weighted by atomic mass is 32.2. The maximum Gasteiger partial charge on any atom is 0.264 e. The first kappa shape index (κ1) is 29.8. The maximum absolute atomic E-state index is 13.9. The summed E-state index contributed by atoms with van der Waals surface area (Å²) in [5.41, 5.74) is 2.84. The van der Waals surface area contributed by atoms with Crippen molar-refractivity contribution in [3.63, 3.8) is 0 Å². The van der Waals surface area contributed by atoms with Gasteiger partial charge in [0.25, 0.3) is 15.9 Å². The van der Waals surface area contributed by atoms with E-state index in [1.807, 2.05) is 30.3 Å². The SMILES string of the molecule is CCN(CC)CCN(C(=O)c1ccc(S(=O)(=O)N2CCCc3ccccc32)cc1)c1nc2cc(OC)c(OC)cc2s1.